The molecule has 3 aliphatic rings. The summed E-state index contributed by atoms with van der Waals surface area (Å²) in [6.45, 7) is 3.47. The molecule has 0 aromatic heterocycles. The van der Waals surface area contributed by atoms with Crippen LogP contribution in [0.2, 0.25) is 5.02 Å². The number of fused-ring (bicyclic) bond motifs is 2. The van der Waals surface area contributed by atoms with E-state index in [0.717, 1.165) is 11.1 Å². The Hall–Kier alpha value is -0.570. The summed E-state index contributed by atoms with van der Waals surface area (Å²) in [5.74, 6) is 0. The average molecular weight is 322 g/mol. The molecule has 0 spiro atoms. The van der Waals surface area contributed by atoms with Crippen LogP contribution in [0, 0.1) is 0 Å². The van der Waals surface area contributed by atoms with Gasteiger partial charge < -0.3 is 4.74 Å². The molecule has 2 heterocycles. The van der Waals surface area contributed by atoms with Crippen molar-refractivity contribution in [3.63, 3.8) is 0 Å². The summed E-state index contributed by atoms with van der Waals surface area (Å²) in [6, 6.07) is 9.38. The zero-order chi connectivity index (χ0) is 15.6. The van der Waals surface area contributed by atoms with Crippen LogP contribution >= 0.6 is 11.6 Å². The molecule has 0 amide bonds. The molecule has 0 unspecified atom stereocenters. The van der Waals surface area contributed by atoms with Gasteiger partial charge in [-0.1, -0.05) is 30.7 Å². The summed E-state index contributed by atoms with van der Waals surface area (Å²) < 4.78 is 4.86. The van der Waals surface area contributed by atoms with Crippen molar-refractivity contribution in [2.45, 2.75) is 69.6 Å². The van der Waals surface area contributed by atoms with Crippen molar-refractivity contribution in [2.24, 2.45) is 0 Å². The number of piperidine rings is 1. The monoisotopic (exact) mass is 321 g/mol. The Balaban J connectivity index is 0.000000246. The fourth-order valence-electron chi connectivity index (χ4n) is 4.33. The normalized spacial score (nSPS) is 30.8. The van der Waals surface area contributed by atoms with Gasteiger partial charge in [0.05, 0.1) is 6.10 Å². The lowest BCUT2D eigenvalue weighted by Gasteiger charge is -2.45. The van der Waals surface area contributed by atoms with E-state index in [1.54, 1.807) is 7.11 Å². The van der Waals surface area contributed by atoms with Crippen LogP contribution in [0.25, 0.3) is 0 Å². The van der Waals surface area contributed by atoms with Crippen molar-refractivity contribution in [2.75, 3.05) is 13.7 Å². The second kappa shape index (κ2) is 6.90. The van der Waals surface area contributed by atoms with Gasteiger partial charge in [0.2, 0.25) is 0 Å². The first kappa shape index (κ1) is 16.3. The SMILES string of the molecule is CCN1[C@@H]2CCC[C@@]1(c1ccc(Cl)cc1)CC2.COC1CC1. The van der Waals surface area contributed by atoms with Crippen LogP contribution in [-0.4, -0.2) is 30.7 Å². The van der Waals surface area contributed by atoms with Crippen LogP contribution in [-0.2, 0) is 10.3 Å². The molecule has 2 bridgehead atoms. The van der Waals surface area contributed by atoms with E-state index in [-0.39, 0.29) is 0 Å². The predicted octanol–water partition coefficient (Wildman–Crippen LogP) is 5.00. The molecular weight excluding hydrogens is 294 g/mol. The maximum atomic E-state index is 6.01. The molecule has 0 N–H and O–H groups in total. The van der Waals surface area contributed by atoms with Crippen molar-refractivity contribution in [3.8, 4) is 0 Å². The molecule has 2 nitrogen and oxygen atoms in total. The topological polar surface area (TPSA) is 12.5 Å². The first-order valence-corrected chi connectivity index (χ1v) is 9.13. The van der Waals surface area contributed by atoms with Crippen molar-refractivity contribution in [1.82, 2.24) is 4.90 Å². The van der Waals surface area contributed by atoms with Crippen molar-refractivity contribution >= 4 is 11.6 Å². The number of rotatable bonds is 3. The van der Waals surface area contributed by atoms with E-state index < -0.39 is 0 Å². The minimum atomic E-state index is 0.322. The summed E-state index contributed by atoms with van der Waals surface area (Å²) in [5.41, 5.74) is 1.80. The molecule has 1 saturated carbocycles. The van der Waals surface area contributed by atoms with Gasteiger partial charge in [0, 0.05) is 23.7 Å². The van der Waals surface area contributed by atoms with Crippen LogP contribution in [0.4, 0.5) is 0 Å². The lowest BCUT2D eigenvalue weighted by Crippen LogP contribution is -2.47. The van der Waals surface area contributed by atoms with Crippen molar-refractivity contribution in [1.29, 1.82) is 0 Å². The van der Waals surface area contributed by atoms with Gasteiger partial charge in [-0.2, -0.15) is 0 Å². The van der Waals surface area contributed by atoms with Gasteiger partial charge in [-0.15, -0.1) is 0 Å². The maximum absolute atomic E-state index is 6.01. The maximum Gasteiger partial charge on any atom is 0.0573 e. The molecule has 1 aromatic carbocycles. The van der Waals surface area contributed by atoms with E-state index in [1.165, 1.54) is 57.1 Å². The van der Waals surface area contributed by atoms with E-state index in [0.29, 0.717) is 11.6 Å². The van der Waals surface area contributed by atoms with Gasteiger partial charge in [0.1, 0.15) is 0 Å². The first-order valence-electron chi connectivity index (χ1n) is 8.75. The van der Waals surface area contributed by atoms with Crippen LogP contribution in [0.3, 0.4) is 0 Å². The zero-order valence-corrected chi connectivity index (χ0v) is 14.6. The number of halogens is 1. The van der Waals surface area contributed by atoms with Crippen LogP contribution in [0.5, 0.6) is 0 Å². The van der Waals surface area contributed by atoms with Crippen molar-refractivity contribution < 1.29 is 4.74 Å². The Morgan fingerprint density at radius 1 is 1.14 bits per heavy atom. The molecule has 22 heavy (non-hydrogen) atoms. The highest BCUT2D eigenvalue weighted by atomic mass is 35.5. The number of methoxy groups -OCH3 is 1. The minimum Gasteiger partial charge on any atom is -0.381 e. The van der Waals surface area contributed by atoms with Gasteiger partial charge in [-0.05, 0) is 69.2 Å². The second-order valence-electron chi connectivity index (χ2n) is 6.84. The third-order valence-electron chi connectivity index (χ3n) is 5.59. The fraction of sp³-hybridized carbons (Fsp3) is 0.684. The molecule has 2 aliphatic heterocycles. The zero-order valence-electron chi connectivity index (χ0n) is 13.9. The first-order chi connectivity index (χ1) is 10.7. The average Bonchev–Trinajstić information content (AvgIpc) is 3.35. The molecule has 1 aromatic rings. The lowest BCUT2D eigenvalue weighted by molar-refractivity contribution is 0.0567. The molecule has 4 rings (SSSR count). The fourth-order valence-corrected chi connectivity index (χ4v) is 4.46. The van der Waals surface area contributed by atoms with Crippen molar-refractivity contribution in [3.05, 3.63) is 34.9 Å². The highest BCUT2D eigenvalue weighted by Crippen LogP contribution is 2.50. The van der Waals surface area contributed by atoms with Gasteiger partial charge in [0.15, 0.2) is 0 Å². The Morgan fingerprint density at radius 2 is 1.86 bits per heavy atom. The number of nitrogens with zero attached hydrogens (tertiary/aromatic N) is 1. The van der Waals surface area contributed by atoms with E-state index in [4.69, 9.17) is 16.3 Å². The third-order valence-corrected chi connectivity index (χ3v) is 5.84. The number of hydrogen-bond donors (Lipinski definition) is 0. The molecular formula is C19H28ClNO. The molecule has 3 fully saturated rings. The highest BCUT2D eigenvalue weighted by Gasteiger charge is 2.48. The highest BCUT2D eigenvalue weighted by molar-refractivity contribution is 6.30. The smallest absolute Gasteiger partial charge is 0.0573 e. The molecule has 122 valence electrons. The Morgan fingerprint density at radius 3 is 2.41 bits per heavy atom. The van der Waals surface area contributed by atoms with E-state index in [2.05, 4.69) is 24.0 Å². The van der Waals surface area contributed by atoms with Gasteiger partial charge in [-0.25, -0.2) is 0 Å². The number of hydrogen-bond acceptors (Lipinski definition) is 2. The third kappa shape index (κ3) is 3.20. The minimum absolute atomic E-state index is 0.322. The number of ether oxygens (including phenoxy) is 1. The van der Waals surface area contributed by atoms with E-state index in [9.17, 15) is 0 Å². The van der Waals surface area contributed by atoms with E-state index in [1.807, 2.05) is 12.1 Å². The van der Waals surface area contributed by atoms with Gasteiger partial charge in [-0.3, -0.25) is 4.90 Å². The molecule has 1 aliphatic carbocycles. The summed E-state index contributed by atoms with van der Waals surface area (Å²) in [7, 11) is 1.76. The number of benzene rings is 1. The van der Waals surface area contributed by atoms with Gasteiger partial charge in [0.25, 0.3) is 0 Å². The largest absolute Gasteiger partial charge is 0.381 e. The van der Waals surface area contributed by atoms with E-state index >= 15 is 0 Å². The van der Waals surface area contributed by atoms with Crippen LogP contribution < -0.4 is 0 Å². The quantitative estimate of drug-likeness (QED) is 0.777. The Bertz CT molecular complexity index is 481. The predicted molar refractivity (Wildman–Crippen MR) is 92.4 cm³/mol. The standard InChI is InChI=1S/C15H20ClN.C4H8O/c1-2-17-14-4-3-10-15(17,11-9-14)12-5-7-13(16)8-6-12;1-5-4-2-3-4/h5-8,14H,2-4,9-11H2,1H3;4H,2-3H2,1H3/t14-,15+;/m1./s1. The van der Waals surface area contributed by atoms with Crippen LogP contribution in [0.15, 0.2) is 24.3 Å². The summed E-state index contributed by atoms with van der Waals surface area (Å²) in [4.78, 5) is 2.74. The van der Waals surface area contributed by atoms with Gasteiger partial charge >= 0.3 is 0 Å². The van der Waals surface area contributed by atoms with Crippen LogP contribution in [0.1, 0.15) is 57.4 Å². The Kier molecular flexibility index (Phi) is 5.11. The summed E-state index contributed by atoms with van der Waals surface area (Å²) in [6.07, 6.45) is 10.00. The molecule has 0 radical (unpaired) electrons. The lowest BCUT2D eigenvalue weighted by atomic mass is 9.81. The summed E-state index contributed by atoms with van der Waals surface area (Å²) in [5, 5.41) is 0.846. The second-order valence-corrected chi connectivity index (χ2v) is 7.28. The molecule has 2 atom stereocenters. The molecule has 2 saturated heterocycles. The summed E-state index contributed by atoms with van der Waals surface area (Å²) >= 11 is 6.01. The molecule has 3 heteroatoms. The Labute approximate surface area is 139 Å².